The van der Waals surface area contributed by atoms with E-state index in [-0.39, 0.29) is 5.56 Å². The molecule has 1 aliphatic heterocycles. The van der Waals surface area contributed by atoms with Gasteiger partial charge in [0, 0.05) is 22.6 Å². The molecule has 0 aromatic heterocycles. The van der Waals surface area contributed by atoms with Gasteiger partial charge in [-0.15, -0.1) is 6.58 Å². The molecule has 0 amide bonds. The van der Waals surface area contributed by atoms with Crippen LogP contribution in [0.15, 0.2) is 67.3 Å². The molecule has 0 radical (unpaired) electrons. The fraction of sp³-hybridized carbons (Fsp3) is 0.375. The van der Waals surface area contributed by atoms with E-state index < -0.39 is 23.7 Å². The average molecular weight is 509 g/mol. The monoisotopic (exact) mass is 508 g/mol. The van der Waals surface area contributed by atoms with Crippen LogP contribution in [-0.4, -0.2) is 13.2 Å². The third kappa shape index (κ3) is 6.71. The van der Waals surface area contributed by atoms with Gasteiger partial charge >= 0.3 is 0 Å². The third-order valence-electron chi connectivity index (χ3n) is 6.98. The molecule has 3 aromatic rings. The summed E-state index contributed by atoms with van der Waals surface area (Å²) in [5, 5.41) is 0. The SMILES string of the molecule is C=CCCC1COC(c2ccc(-c3ccc(-c4ccc(CCCCCC)c(F)c4F)cc3)c(F)c2)OC1. The first-order valence-corrected chi connectivity index (χ1v) is 13.2. The predicted molar refractivity (Wildman–Crippen MR) is 143 cm³/mol. The van der Waals surface area contributed by atoms with Gasteiger partial charge in [-0.2, -0.15) is 0 Å². The van der Waals surface area contributed by atoms with Crippen LogP contribution >= 0.6 is 0 Å². The zero-order valence-corrected chi connectivity index (χ0v) is 21.4. The molecule has 0 N–H and O–H groups in total. The summed E-state index contributed by atoms with van der Waals surface area (Å²) in [4.78, 5) is 0. The lowest BCUT2D eigenvalue weighted by Gasteiger charge is -2.29. The number of hydrogen-bond donors (Lipinski definition) is 0. The Morgan fingerprint density at radius 2 is 1.51 bits per heavy atom. The number of hydrogen-bond acceptors (Lipinski definition) is 2. The van der Waals surface area contributed by atoms with Crippen LogP contribution in [0.4, 0.5) is 13.2 Å². The number of halogens is 3. The highest BCUT2D eigenvalue weighted by atomic mass is 19.2. The summed E-state index contributed by atoms with van der Waals surface area (Å²) in [6, 6.07) is 15.1. The minimum absolute atomic E-state index is 0.204. The highest BCUT2D eigenvalue weighted by molar-refractivity contribution is 5.71. The van der Waals surface area contributed by atoms with Gasteiger partial charge in [-0.25, -0.2) is 13.2 Å². The standard InChI is InChI=1S/C32H35F3O2/c1-3-5-7-8-10-25-15-18-28(31(35)30(25)34)24-13-11-23(12-14-24)27-17-16-26(19-29(27)33)32-36-20-22(21-37-32)9-6-4-2/h4,11-19,22,32H,2-3,5-10,20-21H2,1H3. The topological polar surface area (TPSA) is 18.5 Å². The molecule has 37 heavy (non-hydrogen) atoms. The molecule has 1 saturated heterocycles. The van der Waals surface area contributed by atoms with E-state index >= 15 is 4.39 Å². The molecular formula is C32H35F3O2. The number of unbranched alkanes of at least 4 members (excludes halogenated alkanes) is 3. The second-order valence-electron chi connectivity index (χ2n) is 9.76. The summed E-state index contributed by atoms with van der Waals surface area (Å²) in [7, 11) is 0. The highest BCUT2D eigenvalue weighted by Gasteiger charge is 2.24. The number of rotatable bonds is 11. The van der Waals surface area contributed by atoms with Crippen LogP contribution in [0.5, 0.6) is 0 Å². The van der Waals surface area contributed by atoms with E-state index in [9.17, 15) is 8.78 Å². The second kappa shape index (κ2) is 13.1. The Labute approximate surface area is 218 Å². The Balaban J connectivity index is 1.44. The van der Waals surface area contributed by atoms with E-state index in [1.165, 1.54) is 6.07 Å². The van der Waals surface area contributed by atoms with Crippen LogP contribution < -0.4 is 0 Å². The van der Waals surface area contributed by atoms with Crippen molar-refractivity contribution in [2.75, 3.05) is 13.2 Å². The lowest BCUT2D eigenvalue weighted by atomic mass is 9.97. The molecule has 3 aromatic carbocycles. The molecule has 1 aliphatic rings. The Hall–Kier alpha value is -2.89. The number of aryl methyl sites for hydroxylation is 1. The van der Waals surface area contributed by atoms with Gasteiger partial charge < -0.3 is 9.47 Å². The minimum Gasteiger partial charge on any atom is -0.348 e. The van der Waals surface area contributed by atoms with E-state index in [4.69, 9.17) is 9.47 Å². The fourth-order valence-electron chi connectivity index (χ4n) is 4.74. The van der Waals surface area contributed by atoms with Gasteiger partial charge in [0.2, 0.25) is 0 Å². The van der Waals surface area contributed by atoms with Crippen molar-refractivity contribution < 1.29 is 22.6 Å². The number of benzene rings is 3. The molecule has 4 rings (SSSR count). The van der Waals surface area contributed by atoms with Crippen molar-refractivity contribution in [1.82, 2.24) is 0 Å². The van der Waals surface area contributed by atoms with E-state index in [0.29, 0.717) is 53.4 Å². The predicted octanol–water partition coefficient (Wildman–Crippen LogP) is 9.19. The van der Waals surface area contributed by atoms with Gasteiger partial charge in [0.25, 0.3) is 0 Å². The number of ether oxygens (including phenoxy) is 2. The first kappa shape index (κ1) is 27.2. The Kier molecular flexibility index (Phi) is 9.59. The largest absolute Gasteiger partial charge is 0.348 e. The summed E-state index contributed by atoms with van der Waals surface area (Å²) in [5.41, 5.74) is 2.86. The highest BCUT2D eigenvalue weighted by Crippen LogP contribution is 2.33. The fourth-order valence-corrected chi connectivity index (χ4v) is 4.74. The van der Waals surface area contributed by atoms with Crippen molar-refractivity contribution in [2.45, 2.75) is 58.2 Å². The van der Waals surface area contributed by atoms with Gasteiger partial charge in [-0.1, -0.05) is 80.8 Å². The van der Waals surface area contributed by atoms with Crippen LogP contribution in [0.2, 0.25) is 0 Å². The minimum atomic E-state index is -0.838. The van der Waals surface area contributed by atoms with E-state index in [1.54, 1.807) is 48.5 Å². The third-order valence-corrected chi connectivity index (χ3v) is 6.98. The van der Waals surface area contributed by atoms with Crippen molar-refractivity contribution >= 4 is 0 Å². The maximum atomic E-state index is 15.0. The molecule has 0 aliphatic carbocycles. The maximum absolute atomic E-state index is 15.0. The van der Waals surface area contributed by atoms with Gasteiger partial charge in [0.05, 0.1) is 13.2 Å². The molecule has 196 valence electrons. The van der Waals surface area contributed by atoms with Crippen molar-refractivity contribution in [3.05, 3.63) is 95.8 Å². The molecule has 0 saturated carbocycles. The zero-order chi connectivity index (χ0) is 26.2. The molecule has 1 heterocycles. The van der Waals surface area contributed by atoms with Gasteiger partial charge in [0.15, 0.2) is 17.9 Å². The quantitative estimate of drug-likeness (QED) is 0.190. The summed E-state index contributed by atoms with van der Waals surface area (Å²) in [6.45, 7) is 7.00. The first-order valence-electron chi connectivity index (χ1n) is 13.2. The zero-order valence-electron chi connectivity index (χ0n) is 21.4. The van der Waals surface area contributed by atoms with Crippen LogP contribution in [-0.2, 0) is 15.9 Å². The van der Waals surface area contributed by atoms with E-state index in [2.05, 4.69) is 13.5 Å². The molecular weight excluding hydrogens is 473 g/mol. The summed E-state index contributed by atoms with van der Waals surface area (Å²) in [5.74, 6) is -1.69. The average Bonchev–Trinajstić information content (AvgIpc) is 2.92. The maximum Gasteiger partial charge on any atom is 0.183 e. The van der Waals surface area contributed by atoms with Crippen molar-refractivity contribution in [1.29, 1.82) is 0 Å². The summed E-state index contributed by atoms with van der Waals surface area (Å²) >= 11 is 0. The second-order valence-corrected chi connectivity index (χ2v) is 9.76. The molecule has 5 heteroatoms. The molecule has 0 atom stereocenters. The molecule has 1 fully saturated rings. The van der Waals surface area contributed by atoms with Crippen molar-refractivity contribution in [3.63, 3.8) is 0 Å². The van der Waals surface area contributed by atoms with Crippen molar-refractivity contribution in [3.8, 4) is 22.3 Å². The lowest BCUT2D eigenvalue weighted by Crippen LogP contribution is -2.27. The van der Waals surface area contributed by atoms with Crippen LogP contribution in [0.25, 0.3) is 22.3 Å². The molecule has 0 unspecified atom stereocenters. The summed E-state index contributed by atoms with van der Waals surface area (Å²) < 4.78 is 56.2. The van der Waals surface area contributed by atoms with Gasteiger partial charge in [-0.05, 0) is 48.4 Å². The lowest BCUT2D eigenvalue weighted by molar-refractivity contribution is -0.205. The Bertz CT molecular complexity index is 1180. The van der Waals surface area contributed by atoms with Crippen LogP contribution in [0.1, 0.15) is 62.9 Å². The first-order chi connectivity index (χ1) is 18.0. The molecule has 0 bridgehead atoms. The Morgan fingerprint density at radius 3 is 2.16 bits per heavy atom. The van der Waals surface area contributed by atoms with E-state index in [1.807, 2.05) is 6.08 Å². The van der Waals surface area contributed by atoms with Crippen molar-refractivity contribution in [2.24, 2.45) is 5.92 Å². The van der Waals surface area contributed by atoms with Gasteiger partial charge in [0.1, 0.15) is 5.82 Å². The molecule has 2 nitrogen and oxygen atoms in total. The molecule has 0 spiro atoms. The summed E-state index contributed by atoms with van der Waals surface area (Å²) in [6.07, 6.45) is 7.75. The normalized spacial score (nSPS) is 17.6. The van der Waals surface area contributed by atoms with E-state index in [0.717, 1.165) is 38.5 Å². The van der Waals surface area contributed by atoms with Crippen LogP contribution in [0, 0.1) is 23.4 Å². The Morgan fingerprint density at radius 1 is 0.838 bits per heavy atom. The van der Waals surface area contributed by atoms with Gasteiger partial charge in [-0.3, -0.25) is 0 Å². The smallest absolute Gasteiger partial charge is 0.183 e. The van der Waals surface area contributed by atoms with Crippen LogP contribution in [0.3, 0.4) is 0 Å². The number of allylic oxidation sites excluding steroid dienone is 1.